The van der Waals surface area contributed by atoms with Crippen LogP contribution < -0.4 is 10.7 Å². The first kappa shape index (κ1) is 26.1. The Morgan fingerprint density at radius 1 is 1.03 bits per heavy atom. The maximum atomic E-state index is 13.2. The third-order valence-electron chi connectivity index (χ3n) is 6.08. The van der Waals surface area contributed by atoms with E-state index in [1.807, 2.05) is 60.9 Å². The first-order valence-electron chi connectivity index (χ1n) is 12.5. The number of nitrogens with zero attached hydrogens (tertiary/aromatic N) is 4. The average Bonchev–Trinajstić information content (AvgIpc) is 2.88. The molecule has 0 saturated carbocycles. The minimum Gasteiger partial charge on any atom is -0.352 e. The number of benzene rings is 3. The molecular formula is C30H26F3N5O. The highest BCUT2D eigenvalue weighted by molar-refractivity contribution is 5.84. The van der Waals surface area contributed by atoms with Crippen molar-refractivity contribution in [2.75, 3.05) is 5.32 Å². The number of Topliss-reactive ketones (excluding diaryl/α,β-unsaturated/α-hetero) is 1. The largest absolute Gasteiger partial charge is 0.416 e. The Bertz CT molecular complexity index is 1690. The Morgan fingerprint density at radius 3 is 2.41 bits per heavy atom. The van der Waals surface area contributed by atoms with Gasteiger partial charge in [0.1, 0.15) is 5.78 Å². The summed E-state index contributed by atoms with van der Waals surface area (Å²) < 4.78 is 41.6. The number of alkyl halides is 3. The summed E-state index contributed by atoms with van der Waals surface area (Å²) in [5.74, 6) is 0.0374. The highest BCUT2D eigenvalue weighted by Gasteiger charge is 2.30. The van der Waals surface area contributed by atoms with Gasteiger partial charge in [0.05, 0.1) is 50.9 Å². The molecule has 5 rings (SSSR count). The predicted octanol–water partition coefficient (Wildman–Crippen LogP) is 6.73. The fraction of sp³-hybridized carbons (Fsp3) is 0.200. The van der Waals surface area contributed by atoms with Crippen molar-refractivity contribution in [1.29, 1.82) is 0 Å². The SMILES string of the molecule is CC(=O)Cc1ccc(Nc2cc3nc4ccccc4n(-c4ccc(C(F)(F)F)cc4)c-3cc2=NC(C)C)cn1. The molecule has 0 spiro atoms. The lowest BCUT2D eigenvalue weighted by atomic mass is 10.1. The Balaban J connectivity index is 1.69. The number of ketones is 1. The number of hydrogen-bond acceptors (Lipinski definition) is 5. The van der Waals surface area contributed by atoms with Crippen molar-refractivity contribution >= 4 is 28.2 Å². The van der Waals surface area contributed by atoms with Crippen molar-refractivity contribution in [2.24, 2.45) is 4.99 Å². The fourth-order valence-corrected chi connectivity index (χ4v) is 4.42. The minimum atomic E-state index is -4.42. The topological polar surface area (TPSA) is 72.2 Å². The highest BCUT2D eigenvalue weighted by atomic mass is 19.4. The van der Waals surface area contributed by atoms with Gasteiger partial charge in [0.15, 0.2) is 0 Å². The van der Waals surface area contributed by atoms with Gasteiger partial charge in [0, 0.05) is 23.8 Å². The summed E-state index contributed by atoms with van der Waals surface area (Å²) in [5, 5.41) is 4.04. The summed E-state index contributed by atoms with van der Waals surface area (Å²) >= 11 is 0. The predicted molar refractivity (Wildman–Crippen MR) is 145 cm³/mol. The third-order valence-corrected chi connectivity index (χ3v) is 6.08. The number of nitrogens with one attached hydrogen (secondary N) is 1. The van der Waals surface area contributed by atoms with Gasteiger partial charge < -0.3 is 9.88 Å². The van der Waals surface area contributed by atoms with Crippen molar-refractivity contribution in [3.05, 3.63) is 95.6 Å². The van der Waals surface area contributed by atoms with Gasteiger partial charge in [-0.2, -0.15) is 13.2 Å². The molecule has 0 amide bonds. The molecule has 1 aliphatic heterocycles. The number of para-hydroxylation sites is 2. The Labute approximate surface area is 223 Å². The van der Waals surface area contributed by atoms with Crippen LogP contribution in [0.25, 0.3) is 28.1 Å². The van der Waals surface area contributed by atoms with Gasteiger partial charge in [-0.3, -0.25) is 14.8 Å². The Morgan fingerprint density at radius 2 is 1.77 bits per heavy atom. The van der Waals surface area contributed by atoms with E-state index < -0.39 is 11.7 Å². The van der Waals surface area contributed by atoms with Gasteiger partial charge in [-0.25, -0.2) is 4.98 Å². The molecular weight excluding hydrogens is 503 g/mol. The molecule has 9 heteroatoms. The summed E-state index contributed by atoms with van der Waals surface area (Å²) in [6, 6.07) is 20.0. The molecule has 1 N–H and O–H groups in total. The van der Waals surface area contributed by atoms with E-state index in [1.54, 1.807) is 12.3 Å². The van der Waals surface area contributed by atoms with E-state index >= 15 is 0 Å². The number of carbonyl (C=O) groups excluding carboxylic acids is 1. The second kappa shape index (κ2) is 10.3. The summed E-state index contributed by atoms with van der Waals surface area (Å²) in [7, 11) is 0. The Kier molecular flexibility index (Phi) is 6.91. The van der Waals surface area contributed by atoms with Gasteiger partial charge in [-0.1, -0.05) is 12.1 Å². The van der Waals surface area contributed by atoms with Crippen LogP contribution in [0, 0.1) is 0 Å². The van der Waals surface area contributed by atoms with Crippen LogP contribution in [-0.4, -0.2) is 26.4 Å². The lowest BCUT2D eigenvalue weighted by Gasteiger charge is -2.21. The van der Waals surface area contributed by atoms with Crippen molar-refractivity contribution in [1.82, 2.24) is 14.5 Å². The number of rotatable bonds is 6. The van der Waals surface area contributed by atoms with Crippen molar-refractivity contribution in [2.45, 2.75) is 39.4 Å². The van der Waals surface area contributed by atoms with Crippen LogP contribution in [0.3, 0.4) is 0 Å². The fourth-order valence-electron chi connectivity index (χ4n) is 4.42. The lowest BCUT2D eigenvalue weighted by Crippen LogP contribution is -2.16. The van der Waals surface area contributed by atoms with Crippen LogP contribution in [-0.2, 0) is 17.4 Å². The zero-order valence-corrected chi connectivity index (χ0v) is 21.6. The quantitative estimate of drug-likeness (QED) is 0.248. The van der Waals surface area contributed by atoms with Crippen LogP contribution in [0.15, 0.2) is 84.0 Å². The summed E-state index contributed by atoms with van der Waals surface area (Å²) in [4.78, 5) is 25.5. The van der Waals surface area contributed by atoms with Gasteiger partial charge in [0.25, 0.3) is 0 Å². The van der Waals surface area contributed by atoms with E-state index in [9.17, 15) is 18.0 Å². The normalized spacial score (nSPS) is 12.4. The molecule has 198 valence electrons. The van der Waals surface area contributed by atoms with Gasteiger partial charge in [0.2, 0.25) is 0 Å². The van der Waals surface area contributed by atoms with E-state index in [0.717, 1.165) is 23.3 Å². The van der Waals surface area contributed by atoms with Gasteiger partial charge in [-0.15, -0.1) is 0 Å². The average molecular weight is 530 g/mol. The van der Waals surface area contributed by atoms with Gasteiger partial charge >= 0.3 is 6.18 Å². The summed E-state index contributed by atoms with van der Waals surface area (Å²) in [6.07, 6.45) is -2.49. The van der Waals surface area contributed by atoms with E-state index in [-0.39, 0.29) is 18.2 Å². The van der Waals surface area contributed by atoms with Crippen LogP contribution in [0.4, 0.5) is 24.5 Å². The molecule has 0 bridgehead atoms. The van der Waals surface area contributed by atoms with E-state index in [1.165, 1.54) is 19.1 Å². The van der Waals surface area contributed by atoms with E-state index in [2.05, 4.69) is 10.3 Å². The molecule has 3 aromatic rings. The monoisotopic (exact) mass is 529 g/mol. The van der Waals surface area contributed by atoms with E-state index in [0.29, 0.717) is 39.3 Å². The molecule has 6 nitrogen and oxygen atoms in total. The minimum absolute atomic E-state index is 0.0213. The number of anilines is 2. The molecule has 0 atom stereocenters. The highest BCUT2D eigenvalue weighted by Crippen LogP contribution is 2.33. The molecule has 39 heavy (non-hydrogen) atoms. The molecule has 0 unspecified atom stereocenters. The molecule has 0 radical (unpaired) electrons. The van der Waals surface area contributed by atoms with Crippen LogP contribution >= 0.6 is 0 Å². The molecule has 2 heterocycles. The second-order valence-electron chi connectivity index (χ2n) is 9.60. The lowest BCUT2D eigenvalue weighted by molar-refractivity contribution is -0.137. The maximum absolute atomic E-state index is 13.2. The van der Waals surface area contributed by atoms with Crippen molar-refractivity contribution in [3.63, 3.8) is 0 Å². The number of halogens is 3. The van der Waals surface area contributed by atoms with E-state index in [4.69, 9.17) is 9.98 Å². The van der Waals surface area contributed by atoms with Crippen LogP contribution in [0.1, 0.15) is 32.0 Å². The summed E-state index contributed by atoms with van der Waals surface area (Å²) in [5.41, 5.74) is 4.77. The molecule has 2 aromatic carbocycles. The zero-order valence-electron chi connectivity index (χ0n) is 21.6. The van der Waals surface area contributed by atoms with Crippen molar-refractivity contribution < 1.29 is 18.0 Å². The number of fused-ring (bicyclic) bond motifs is 2. The number of aromatic nitrogens is 3. The van der Waals surface area contributed by atoms with Crippen molar-refractivity contribution in [3.8, 4) is 17.1 Å². The third kappa shape index (κ3) is 5.67. The molecule has 1 aliphatic carbocycles. The summed E-state index contributed by atoms with van der Waals surface area (Å²) in [6.45, 7) is 5.46. The van der Waals surface area contributed by atoms with Gasteiger partial charge in [-0.05, 0) is 81.4 Å². The maximum Gasteiger partial charge on any atom is 0.416 e. The first-order chi connectivity index (χ1) is 18.6. The molecule has 0 fully saturated rings. The standard InChI is InChI=1S/C30H26F3N5O/c1-18(2)35-26-16-29-27(15-25(26)36-22-11-10-21(34-17-22)14-19(3)39)37-24-6-4-5-7-28(24)38(29)23-12-8-20(9-13-23)30(31,32)33/h4-13,15-18,36H,14H2,1-3H3. The molecule has 2 aliphatic rings. The number of hydrogen-bond donors (Lipinski definition) is 1. The number of pyridine rings is 1. The Hall–Kier alpha value is -4.53. The number of carbonyl (C=O) groups is 1. The second-order valence-corrected chi connectivity index (χ2v) is 9.60. The van der Waals surface area contributed by atoms with Crippen LogP contribution in [0.5, 0.6) is 0 Å². The van der Waals surface area contributed by atoms with Crippen LogP contribution in [0.2, 0.25) is 0 Å². The molecule has 0 saturated heterocycles. The first-order valence-corrected chi connectivity index (χ1v) is 12.5. The zero-order chi connectivity index (χ0) is 27.7. The molecule has 1 aromatic heterocycles. The smallest absolute Gasteiger partial charge is 0.352 e.